The number of nitrogens with zero attached hydrogens (tertiary/aromatic N) is 3. The Kier molecular flexibility index (Phi) is 4.40. The van der Waals surface area contributed by atoms with Crippen molar-refractivity contribution < 1.29 is 8.42 Å². The molecule has 0 atom stereocenters. The van der Waals surface area contributed by atoms with Crippen molar-refractivity contribution in [1.82, 2.24) is 18.6 Å². The van der Waals surface area contributed by atoms with Crippen LogP contribution in [0.5, 0.6) is 0 Å². The van der Waals surface area contributed by atoms with E-state index in [0.717, 1.165) is 4.31 Å². The van der Waals surface area contributed by atoms with E-state index in [0.29, 0.717) is 23.1 Å². The summed E-state index contributed by atoms with van der Waals surface area (Å²) in [5.74, 6) is 0.542. The molecule has 0 aliphatic heterocycles. The van der Waals surface area contributed by atoms with Crippen LogP contribution in [0.15, 0.2) is 29.1 Å². The SMILES string of the molecule is CN(C)S(=O)(=O)NCCc1nc2ccccc2c(=O)n1C. The highest BCUT2D eigenvalue weighted by atomic mass is 32.2. The normalized spacial score (nSPS) is 12.2. The minimum absolute atomic E-state index is 0.133. The van der Waals surface area contributed by atoms with Crippen LogP contribution in [0.2, 0.25) is 0 Å². The monoisotopic (exact) mass is 310 g/mol. The molecule has 1 aromatic heterocycles. The van der Waals surface area contributed by atoms with Crippen molar-refractivity contribution in [2.75, 3.05) is 20.6 Å². The van der Waals surface area contributed by atoms with E-state index in [-0.39, 0.29) is 12.1 Å². The van der Waals surface area contributed by atoms with E-state index in [1.54, 1.807) is 25.2 Å². The molecule has 7 nitrogen and oxygen atoms in total. The van der Waals surface area contributed by atoms with Gasteiger partial charge in [0.05, 0.1) is 10.9 Å². The highest BCUT2D eigenvalue weighted by molar-refractivity contribution is 7.87. The van der Waals surface area contributed by atoms with E-state index >= 15 is 0 Å². The number of aromatic nitrogens is 2. The maximum absolute atomic E-state index is 12.2. The highest BCUT2D eigenvalue weighted by Gasteiger charge is 2.13. The summed E-state index contributed by atoms with van der Waals surface area (Å²) in [5, 5.41) is 0.553. The smallest absolute Gasteiger partial charge is 0.278 e. The van der Waals surface area contributed by atoms with Crippen molar-refractivity contribution >= 4 is 21.1 Å². The predicted octanol–water partition coefficient (Wildman–Crippen LogP) is -0.128. The standard InChI is InChI=1S/C13H18N4O3S/c1-16(2)21(19,20)14-9-8-12-15-11-7-5-4-6-10(11)13(18)17(12)3/h4-7,14H,8-9H2,1-3H3. The van der Waals surface area contributed by atoms with Gasteiger partial charge in [0.25, 0.3) is 15.8 Å². The Morgan fingerprint density at radius 2 is 1.95 bits per heavy atom. The van der Waals surface area contributed by atoms with E-state index < -0.39 is 10.2 Å². The Morgan fingerprint density at radius 1 is 1.29 bits per heavy atom. The summed E-state index contributed by atoms with van der Waals surface area (Å²) in [6, 6.07) is 7.09. The Hall–Kier alpha value is -1.77. The van der Waals surface area contributed by atoms with Crippen LogP contribution in [0.3, 0.4) is 0 Å². The summed E-state index contributed by atoms with van der Waals surface area (Å²) in [7, 11) is 1.07. The number of hydrogen-bond acceptors (Lipinski definition) is 4. The van der Waals surface area contributed by atoms with Gasteiger partial charge in [0.2, 0.25) is 0 Å². The van der Waals surface area contributed by atoms with Gasteiger partial charge in [0, 0.05) is 34.1 Å². The van der Waals surface area contributed by atoms with Gasteiger partial charge in [-0.1, -0.05) is 12.1 Å². The van der Waals surface area contributed by atoms with Gasteiger partial charge in [-0.05, 0) is 12.1 Å². The first kappa shape index (κ1) is 15.6. The second-order valence-electron chi connectivity index (χ2n) is 4.84. The fraction of sp³-hybridized carbons (Fsp3) is 0.385. The first-order valence-corrected chi connectivity index (χ1v) is 7.88. The lowest BCUT2D eigenvalue weighted by atomic mass is 10.2. The average Bonchev–Trinajstić information content (AvgIpc) is 2.44. The molecule has 0 bridgehead atoms. The lowest BCUT2D eigenvalue weighted by Crippen LogP contribution is -2.37. The fourth-order valence-corrected chi connectivity index (χ4v) is 2.53. The van der Waals surface area contributed by atoms with Gasteiger partial charge in [-0.2, -0.15) is 12.7 Å². The second kappa shape index (κ2) is 5.92. The molecule has 8 heteroatoms. The number of benzene rings is 1. The highest BCUT2D eigenvalue weighted by Crippen LogP contribution is 2.07. The van der Waals surface area contributed by atoms with E-state index in [1.807, 2.05) is 6.07 Å². The molecular formula is C13H18N4O3S. The van der Waals surface area contributed by atoms with Crippen LogP contribution in [-0.2, 0) is 23.7 Å². The number of hydrogen-bond donors (Lipinski definition) is 1. The van der Waals surface area contributed by atoms with Crippen LogP contribution >= 0.6 is 0 Å². The summed E-state index contributed by atoms with van der Waals surface area (Å²) in [5.41, 5.74) is 0.483. The number of nitrogens with one attached hydrogen (secondary N) is 1. The molecular weight excluding hydrogens is 292 g/mol. The minimum atomic E-state index is -3.47. The summed E-state index contributed by atoms with van der Waals surface area (Å²) >= 11 is 0. The third kappa shape index (κ3) is 3.29. The molecule has 2 aromatic rings. The molecule has 21 heavy (non-hydrogen) atoms. The van der Waals surface area contributed by atoms with E-state index in [9.17, 15) is 13.2 Å². The zero-order valence-corrected chi connectivity index (χ0v) is 13.0. The number of fused-ring (bicyclic) bond motifs is 1. The number of para-hydroxylation sites is 1. The molecule has 1 N–H and O–H groups in total. The molecule has 2 rings (SSSR count). The molecule has 0 radical (unpaired) electrons. The lowest BCUT2D eigenvalue weighted by Gasteiger charge is -2.13. The first-order chi connectivity index (χ1) is 9.83. The maximum atomic E-state index is 12.2. The minimum Gasteiger partial charge on any atom is -0.299 e. The zero-order valence-electron chi connectivity index (χ0n) is 12.2. The molecule has 1 heterocycles. The average molecular weight is 310 g/mol. The van der Waals surface area contributed by atoms with Crippen LogP contribution in [-0.4, -0.2) is 42.9 Å². The second-order valence-corrected chi connectivity index (χ2v) is 6.81. The Morgan fingerprint density at radius 3 is 2.62 bits per heavy atom. The summed E-state index contributed by atoms with van der Waals surface area (Å²) in [4.78, 5) is 16.6. The van der Waals surface area contributed by atoms with Crippen LogP contribution in [0, 0.1) is 0 Å². The van der Waals surface area contributed by atoms with E-state index in [1.165, 1.54) is 18.7 Å². The molecule has 0 saturated heterocycles. The molecule has 114 valence electrons. The summed E-state index contributed by atoms with van der Waals surface area (Å²) in [6.07, 6.45) is 0.337. The van der Waals surface area contributed by atoms with Crippen molar-refractivity contribution in [3.63, 3.8) is 0 Å². The van der Waals surface area contributed by atoms with E-state index in [4.69, 9.17) is 0 Å². The summed E-state index contributed by atoms with van der Waals surface area (Å²) < 4.78 is 28.2. The zero-order chi connectivity index (χ0) is 15.6. The van der Waals surface area contributed by atoms with Crippen molar-refractivity contribution in [3.05, 3.63) is 40.4 Å². The van der Waals surface area contributed by atoms with Crippen LogP contribution < -0.4 is 10.3 Å². The third-order valence-corrected chi connectivity index (χ3v) is 4.72. The number of rotatable bonds is 5. The molecule has 0 unspecified atom stereocenters. The van der Waals surface area contributed by atoms with Gasteiger partial charge >= 0.3 is 0 Å². The van der Waals surface area contributed by atoms with Crippen LogP contribution in [0.4, 0.5) is 0 Å². The predicted molar refractivity (Wildman–Crippen MR) is 81.3 cm³/mol. The van der Waals surface area contributed by atoms with Gasteiger partial charge < -0.3 is 0 Å². The maximum Gasteiger partial charge on any atom is 0.278 e. The largest absolute Gasteiger partial charge is 0.299 e. The molecule has 0 aliphatic rings. The van der Waals surface area contributed by atoms with Gasteiger partial charge in [-0.15, -0.1) is 0 Å². The molecule has 1 aromatic carbocycles. The van der Waals surface area contributed by atoms with Gasteiger partial charge in [-0.3, -0.25) is 9.36 Å². The van der Waals surface area contributed by atoms with Crippen molar-refractivity contribution in [1.29, 1.82) is 0 Å². The molecule has 0 fully saturated rings. The topological polar surface area (TPSA) is 84.3 Å². The summed E-state index contributed by atoms with van der Waals surface area (Å²) in [6.45, 7) is 0.180. The quantitative estimate of drug-likeness (QED) is 0.834. The molecule has 0 amide bonds. The van der Waals surface area contributed by atoms with E-state index in [2.05, 4.69) is 9.71 Å². The first-order valence-electron chi connectivity index (χ1n) is 6.44. The molecule has 0 saturated carbocycles. The Labute approximate surface area is 123 Å². The van der Waals surface area contributed by atoms with Crippen molar-refractivity contribution in [3.8, 4) is 0 Å². The van der Waals surface area contributed by atoms with Crippen LogP contribution in [0.1, 0.15) is 5.82 Å². The Bertz CT molecular complexity index is 812. The van der Waals surface area contributed by atoms with Crippen LogP contribution in [0.25, 0.3) is 10.9 Å². The van der Waals surface area contributed by atoms with Crippen molar-refractivity contribution in [2.45, 2.75) is 6.42 Å². The van der Waals surface area contributed by atoms with Gasteiger partial charge in [-0.25, -0.2) is 9.71 Å². The fourth-order valence-electron chi connectivity index (χ4n) is 1.91. The third-order valence-electron chi connectivity index (χ3n) is 3.19. The van der Waals surface area contributed by atoms with Gasteiger partial charge in [0.1, 0.15) is 5.82 Å². The molecule has 0 aliphatic carbocycles. The van der Waals surface area contributed by atoms with Gasteiger partial charge in [0.15, 0.2) is 0 Å². The Balaban J connectivity index is 2.24. The van der Waals surface area contributed by atoms with Crippen molar-refractivity contribution in [2.24, 2.45) is 7.05 Å². The molecule has 0 spiro atoms. The lowest BCUT2D eigenvalue weighted by molar-refractivity contribution is 0.505.